The first-order valence-electron chi connectivity index (χ1n) is 5.69. The maximum absolute atomic E-state index is 12.1. The van der Waals surface area contributed by atoms with Crippen LogP contribution in [0.25, 0.3) is 10.9 Å². The number of para-hydroxylation sites is 1. The third kappa shape index (κ3) is 2.68. The molecule has 0 aliphatic carbocycles. The Morgan fingerprint density at radius 1 is 1.29 bits per heavy atom. The standard InChI is InChI=1S/C14H15NO2/c1-17-10-4-7-14(16)12-8-9-15-13-6-3-2-5-11(12)13/h2-3,5-6,8-9H,4,7,10H2,1H3. The Balaban J connectivity index is 2.26. The van der Waals surface area contributed by atoms with Crippen LogP contribution in [0.1, 0.15) is 23.2 Å². The van der Waals surface area contributed by atoms with E-state index in [-0.39, 0.29) is 5.78 Å². The van der Waals surface area contributed by atoms with Crippen LogP contribution in [0.2, 0.25) is 0 Å². The average Bonchev–Trinajstić information content (AvgIpc) is 2.38. The number of aromatic nitrogens is 1. The van der Waals surface area contributed by atoms with E-state index in [0.717, 1.165) is 22.9 Å². The van der Waals surface area contributed by atoms with Crippen LogP contribution in [0.4, 0.5) is 0 Å². The van der Waals surface area contributed by atoms with Crippen molar-refractivity contribution in [2.45, 2.75) is 12.8 Å². The van der Waals surface area contributed by atoms with E-state index in [1.807, 2.05) is 24.3 Å². The van der Waals surface area contributed by atoms with Crippen molar-refractivity contribution in [1.29, 1.82) is 0 Å². The molecule has 1 aromatic carbocycles. The van der Waals surface area contributed by atoms with E-state index < -0.39 is 0 Å². The van der Waals surface area contributed by atoms with E-state index in [9.17, 15) is 4.79 Å². The van der Waals surface area contributed by atoms with Gasteiger partial charge in [0.2, 0.25) is 0 Å². The lowest BCUT2D eigenvalue weighted by Gasteiger charge is -2.04. The fraction of sp³-hybridized carbons (Fsp3) is 0.286. The summed E-state index contributed by atoms with van der Waals surface area (Å²) in [5.74, 6) is 0.153. The van der Waals surface area contributed by atoms with Gasteiger partial charge in [0, 0.05) is 37.3 Å². The highest BCUT2D eigenvalue weighted by atomic mass is 16.5. The molecule has 2 rings (SSSR count). The Morgan fingerprint density at radius 2 is 2.12 bits per heavy atom. The molecular weight excluding hydrogens is 214 g/mol. The van der Waals surface area contributed by atoms with Crippen molar-refractivity contribution in [3.63, 3.8) is 0 Å². The molecule has 1 aromatic heterocycles. The number of carbonyl (C=O) groups excluding carboxylic acids is 1. The first kappa shape index (κ1) is 11.7. The molecule has 0 saturated carbocycles. The summed E-state index contributed by atoms with van der Waals surface area (Å²) in [5, 5.41) is 0.928. The largest absolute Gasteiger partial charge is 0.385 e. The average molecular weight is 229 g/mol. The van der Waals surface area contributed by atoms with Gasteiger partial charge in [-0.3, -0.25) is 9.78 Å². The van der Waals surface area contributed by atoms with Crippen LogP contribution in [0.5, 0.6) is 0 Å². The van der Waals surface area contributed by atoms with Gasteiger partial charge in [-0.1, -0.05) is 18.2 Å². The lowest BCUT2D eigenvalue weighted by atomic mass is 10.0. The van der Waals surface area contributed by atoms with Gasteiger partial charge in [-0.05, 0) is 18.6 Å². The number of pyridine rings is 1. The smallest absolute Gasteiger partial charge is 0.163 e. The molecule has 0 radical (unpaired) electrons. The number of benzene rings is 1. The van der Waals surface area contributed by atoms with Crippen molar-refractivity contribution in [2.75, 3.05) is 13.7 Å². The van der Waals surface area contributed by atoms with Gasteiger partial charge in [-0.25, -0.2) is 0 Å². The van der Waals surface area contributed by atoms with Gasteiger partial charge >= 0.3 is 0 Å². The molecule has 0 aliphatic rings. The van der Waals surface area contributed by atoms with Crippen molar-refractivity contribution < 1.29 is 9.53 Å². The number of ether oxygens (including phenoxy) is 1. The first-order valence-corrected chi connectivity index (χ1v) is 5.69. The van der Waals surface area contributed by atoms with Crippen LogP contribution in [0.3, 0.4) is 0 Å². The lowest BCUT2D eigenvalue weighted by molar-refractivity contribution is 0.0965. The zero-order valence-electron chi connectivity index (χ0n) is 9.85. The monoisotopic (exact) mass is 229 g/mol. The molecule has 3 heteroatoms. The Labute approximate surface area is 100 Å². The molecule has 0 bridgehead atoms. The van der Waals surface area contributed by atoms with Gasteiger partial charge in [0.1, 0.15) is 0 Å². The molecule has 0 N–H and O–H groups in total. The van der Waals surface area contributed by atoms with E-state index in [1.54, 1.807) is 19.4 Å². The molecule has 0 amide bonds. The number of nitrogens with zero attached hydrogens (tertiary/aromatic N) is 1. The van der Waals surface area contributed by atoms with Gasteiger partial charge in [0.25, 0.3) is 0 Å². The number of hydrogen-bond donors (Lipinski definition) is 0. The molecule has 0 unspecified atom stereocenters. The number of hydrogen-bond acceptors (Lipinski definition) is 3. The third-order valence-corrected chi connectivity index (χ3v) is 2.70. The second-order valence-electron chi connectivity index (χ2n) is 3.90. The minimum atomic E-state index is 0.153. The van der Waals surface area contributed by atoms with Crippen molar-refractivity contribution in [3.8, 4) is 0 Å². The topological polar surface area (TPSA) is 39.2 Å². The number of carbonyl (C=O) groups is 1. The second-order valence-corrected chi connectivity index (χ2v) is 3.90. The van der Waals surface area contributed by atoms with Crippen molar-refractivity contribution >= 4 is 16.7 Å². The van der Waals surface area contributed by atoms with Crippen molar-refractivity contribution in [3.05, 3.63) is 42.1 Å². The zero-order valence-corrected chi connectivity index (χ0v) is 9.85. The van der Waals surface area contributed by atoms with E-state index in [0.29, 0.717) is 13.0 Å². The highest BCUT2D eigenvalue weighted by Gasteiger charge is 2.09. The molecule has 0 atom stereocenters. The summed E-state index contributed by atoms with van der Waals surface area (Å²) in [6, 6.07) is 9.50. The van der Waals surface area contributed by atoms with Crippen LogP contribution >= 0.6 is 0 Å². The van der Waals surface area contributed by atoms with E-state index in [2.05, 4.69) is 4.98 Å². The molecule has 0 aliphatic heterocycles. The van der Waals surface area contributed by atoms with Crippen LogP contribution in [0, 0.1) is 0 Å². The predicted octanol–water partition coefficient (Wildman–Crippen LogP) is 2.84. The molecule has 3 nitrogen and oxygen atoms in total. The molecule has 1 heterocycles. The molecule has 2 aromatic rings. The van der Waals surface area contributed by atoms with Gasteiger partial charge in [0.05, 0.1) is 5.52 Å². The Kier molecular flexibility index (Phi) is 3.83. The van der Waals surface area contributed by atoms with Crippen LogP contribution in [-0.4, -0.2) is 24.5 Å². The Bertz CT molecular complexity index is 517. The van der Waals surface area contributed by atoms with Crippen molar-refractivity contribution in [1.82, 2.24) is 4.98 Å². The second kappa shape index (κ2) is 5.55. The van der Waals surface area contributed by atoms with E-state index >= 15 is 0 Å². The van der Waals surface area contributed by atoms with Crippen molar-refractivity contribution in [2.24, 2.45) is 0 Å². The van der Waals surface area contributed by atoms with Gasteiger partial charge in [0.15, 0.2) is 5.78 Å². The van der Waals surface area contributed by atoms with E-state index in [4.69, 9.17) is 4.74 Å². The lowest BCUT2D eigenvalue weighted by Crippen LogP contribution is -2.02. The number of ketones is 1. The molecule has 88 valence electrons. The first-order chi connectivity index (χ1) is 8.33. The SMILES string of the molecule is COCCCC(=O)c1ccnc2ccccc12. The fourth-order valence-electron chi connectivity index (χ4n) is 1.85. The van der Waals surface area contributed by atoms with Gasteiger partial charge < -0.3 is 4.74 Å². The maximum atomic E-state index is 12.1. The minimum absolute atomic E-state index is 0.153. The summed E-state index contributed by atoms with van der Waals surface area (Å²) in [6.07, 6.45) is 2.96. The molecule has 0 fully saturated rings. The molecule has 0 spiro atoms. The Morgan fingerprint density at radius 3 is 2.94 bits per heavy atom. The number of Topliss-reactive ketones (excluding diaryl/α,β-unsaturated/α-hetero) is 1. The Hall–Kier alpha value is -1.74. The summed E-state index contributed by atoms with van der Waals surface area (Å²) in [5.41, 5.74) is 1.62. The zero-order chi connectivity index (χ0) is 12.1. The number of methoxy groups -OCH3 is 1. The highest BCUT2D eigenvalue weighted by molar-refractivity contribution is 6.07. The normalized spacial score (nSPS) is 10.6. The molecule has 0 saturated heterocycles. The van der Waals surface area contributed by atoms with Crippen LogP contribution in [0.15, 0.2) is 36.5 Å². The summed E-state index contributed by atoms with van der Waals surface area (Å²) in [4.78, 5) is 16.3. The maximum Gasteiger partial charge on any atom is 0.163 e. The minimum Gasteiger partial charge on any atom is -0.385 e. The predicted molar refractivity (Wildman–Crippen MR) is 67.2 cm³/mol. The van der Waals surface area contributed by atoms with Gasteiger partial charge in [-0.2, -0.15) is 0 Å². The quantitative estimate of drug-likeness (QED) is 0.584. The fourth-order valence-corrected chi connectivity index (χ4v) is 1.85. The highest BCUT2D eigenvalue weighted by Crippen LogP contribution is 2.18. The van der Waals surface area contributed by atoms with E-state index in [1.165, 1.54) is 0 Å². The summed E-state index contributed by atoms with van der Waals surface area (Å²) >= 11 is 0. The third-order valence-electron chi connectivity index (χ3n) is 2.70. The number of rotatable bonds is 5. The molecule has 17 heavy (non-hydrogen) atoms. The summed E-state index contributed by atoms with van der Waals surface area (Å²) in [6.45, 7) is 0.620. The van der Waals surface area contributed by atoms with Crippen LogP contribution < -0.4 is 0 Å². The summed E-state index contributed by atoms with van der Waals surface area (Å²) < 4.78 is 4.95. The number of fused-ring (bicyclic) bond motifs is 1. The molecular formula is C14H15NO2. The van der Waals surface area contributed by atoms with Crippen LogP contribution in [-0.2, 0) is 4.74 Å². The van der Waals surface area contributed by atoms with Gasteiger partial charge in [-0.15, -0.1) is 0 Å². The summed E-state index contributed by atoms with van der Waals surface area (Å²) in [7, 11) is 1.65.